The second-order valence-corrected chi connectivity index (χ2v) is 12.5. The third-order valence-corrected chi connectivity index (χ3v) is 8.87. The zero-order valence-electron chi connectivity index (χ0n) is 25.6. The van der Waals surface area contributed by atoms with E-state index in [-0.39, 0.29) is 11.5 Å². The highest BCUT2D eigenvalue weighted by Gasteiger charge is 2.56. The molecule has 0 saturated heterocycles. The zero-order valence-corrected chi connectivity index (χ0v) is 26.4. The van der Waals surface area contributed by atoms with Crippen molar-refractivity contribution in [2.24, 2.45) is 0 Å². The monoisotopic (exact) mass is 651 g/mol. The average Bonchev–Trinajstić information content (AvgIpc) is 3.01. The minimum Gasteiger partial charge on any atom is -0.616 e. The molecule has 1 unspecified atom stereocenters. The number of allylic oxidation sites excluding steroid dienone is 1. The van der Waals surface area contributed by atoms with Gasteiger partial charge in [-0.25, -0.2) is 0 Å². The van der Waals surface area contributed by atoms with Gasteiger partial charge >= 0.3 is 12.1 Å². The van der Waals surface area contributed by atoms with Gasteiger partial charge in [-0.2, -0.15) is 22.0 Å². The largest absolute Gasteiger partial charge is 0.616 e. The van der Waals surface area contributed by atoms with Crippen molar-refractivity contribution in [3.8, 4) is 11.5 Å². The minimum absolute atomic E-state index is 0.139. The molecule has 0 radical (unpaired) electrons. The van der Waals surface area contributed by atoms with E-state index < -0.39 is 36.1 Å². The van der Waals surface area contributed by atoms with E-state index in [1.807, 2.05) is 54.6 Å². The first-order valence-corrected chi connectivity index (χ1v) is 16.8. The lowest BCUT2D eigenvalue weighted by Gasteiger charge is -2.19. The van der Waals surface area contributed by atoms with Crippen LogP contribution in [-0.4, -0.2) is 53.0 Å². The van der Waals surface area contributed by atoms with E-state index in [1.54, 1.807) is 12.1 Å². The summed E-state index contributed by atoms with van der Waals surface area (Å²) in [4.78, 5) is 0. The van der Waals surface area contributed by atoms with Gasteiger partial charge in [-0.15, -0.1) is 0 Å². The molecule has 0 fully saturated rings. The van der Waals surface area contributed by atoms with Gasteiger partial charge in [-0.1, -0.05) is 79.1 Å². The van der Waals surface area contributed by atoms with Gasteiger partial charge in [0.15, 0.2) is 0 Å². The van der Waals surface area contributed by atoms with E-state index in [2.05, 4.69) is 24.4 Å². The van der Waals surface area contributed by atoms with Gasteiger partial charge < -0.3 is 19.7 Å². The van der Waals surface area contributed by atoms with Crippen LogP contribution in [0.5, 0.6) is 11.5 Å². The smallest absolute Gasteiger partial charge is 0.453 e. The Balaban J connectivity index is 1.36. The lowest BCUT2D eigenvalue weighted by Crippen LogP contribution is -2.36. The Hall–Kier alpha value is -3.08. The van der Waals surface area contributed by atoms with E-state index in [0.29, 0.717) is 25.3 Å². The fourth-order valence-corrected chi connectivity index (χ4v) is 6.15. The number of nitrogens with one attached hydrogen (secondary N) is 1. The third-order valence-electron chi connectivity index (χ3n) is 7.38. The Kier molecular flexibility index (Phi) is 14.7. The molecule has 10 heteroatoms. The molecule has 0 aliphatic heterocycles. The van der Waals surface area contributed by atoms with Crippen molar-refractivity contribution in [1.82, 2.24) is 5.32 Å². The number of halogens is 5. The molecule has 4 nitrogen and oxygen atoms in total. The van der Waals surface area contributed by atoms with Gasteiger partial charge in [0.25, 0.3) is 0 Å². The second-order valence-electron chi connectivity index (χ2n) is 10.8. The number of ether oxygens (including phenoxy) is 1. The predicted molar refractivity (Wildman–Crippen MR) is 172 cm³/mol. The topological polar surface area (TPSA) is 64.5 Å². The molecule has 0 aliphatic rings. The Morgan fingerprint density at radius 2 is 1.36 bits per heavy atom. The summed E-state index contributed by atoms with van der Waals surface area (Å²) < 4.78 is 80.2. The van der Waals surface area contributed by atoms with Crippen LogP contribution in [0.1, 0.15) is 68.6 Å². The molecular formula is C35H42F5NO3S. The Morgan fingerprint density at radius 3 is 1.98 bits per heavy atom. The van der Waals surface area contributed by atoms with Gasteiger partial charge in [0.05, 0.1) is 0 Å². The maximum Gasteiger partial charge on any atom is 0.453 e. The maximum atomic E-state index is 12.9. The lowest BCUT2D eigenvalue weighted by atomic mass is 9.88. The lowest BCUT2D eigenvalue weighted by molar-refractivity contribution is -0.284. The van der Waals surface area contributed by atoms with Crippen LogP contribution in [0.3, 0.4) is 0 Å². The number of unbranched alkanes of at least 4 members (excludes halogenated alkanes) is 3. The zero-order chi connectivity index (χ0) is 32.7. The summed E-state index contributed by atoms with van der Waals surface area (Å²) in [6.07, 6.45) is -3.18. The summed E-state index contributed by atoms with van der Waals surface area (Å²) in [5, 5.41) is 13.2. The van der Waals surface area contributed by atoms with Gasteiger partial charge in [-0.05, 0) is 90.8 Å². The number of hydrogen-bond donors (Lipinski definition) is 2. The van der Waals surface area contributed by atoms with Crippen LogP contribution in [0.2, 0.25) is 0 Å². The number of phenols is 1. The van der Waals surface area contributed by atoms with Crippen LogP contribution in [0.15, 0.2) is 78.9 Å². The standard InChI is InChI=1S/C35H42F5NO3S/c1-2-32(27-11-6-5-7-12-27)33(28-13-17-30(42)18-14-28)29-15-19-31(20-16-29)44-24-23-41-22-8-3-4-9-25-45(43)26-10-21-34(36,37)35(38,39)40/h5-7,11-20,41-42H,2-4,8-10,21-26H2,1H3. The molecule has 1 atom stereocenters. The fraction of sp³-hybridized carbons (Fsp3) is 0.429. The summed E-state index contributed by atoms with van der Waals surface area (Å²) in [6.45, 7) is 4.09. The van der Waals surface area contributed by atoms with Gasteiger partial charge in [-0.3, -0.25) is 0 Å². The van der Waals surface area contributed by atoms with Crippen molar-refractivity contribution in [3.05, 3.63) is 95.6 Å². The molecule has 0 bridgehead atoms. The molecule has 0 amide bonds. The highest BCUT2D eigenvalue weighted by atomic mass is 32.2. The maximum absolute atomic E-state index is 12.9. The van der Waals surface area contributed by atoms with E-state index in [1.165, 1.54) is 5.57 Å². The van der Waals surface area contributed by atoms with E-state index >= 15 is 0 Å². The number of hydrogen-bond acceptors (Lipinski definition) is 4. The van der Waals surface area contributed by atoms with E-state index in [4.69, 9.17) is 4.74 Å². The first-order chi connectivity index (χ1) is 21.5. The number of aromatic hydroxyl groups is 1. The first-order valence-electron chi connectivity index (χ1n) is 15.3. The van der Waals surface area contributed by atoms with Crippen molar-refractivity contribution in [2.45, 2.75) is 64.0 Å². The molecule has 3 aromatic carbocycles. The molecule has 246 valence electrons. The molecule has 0 spiro atoms. The Bertz CT molecular complexity index is 1300. The average molecular weight is 652 g/mol. The summed E-state index contributed by atoms with van der Waals surface area (Å²) >= 11 is -1.38. The molecule has 0 saturated carbocycles. The molecule has 3 aromatic rings. The van der Waals surface area contributed by atoms with Crippen LogP contribution in [0, 0.1) is 0 Å². The highest BCUT2D eigenvalue weighted by molar-refractivity contribution is 7.91. The number of alkyl halides is 5. The van der Waals surface area contributed by atoms with Crippen LogP contribution >= 0.6 is 0 Å². The van der Waals surface area contributed by atoms with Crippen LogP contribution in [-0.2, 0) is 11.2 Å². The summed E-state index contributed by atoms with van der Waals surface area (Å²) in [5.74, 6) is -3.56. The van der Waals surface area contributed by atoms with Crippen molar-refractivity contribution in [2.75, 3.05) is 31.2 Å². The van der Waals surface area contributed by atoms with Gasteiger partial charge in [0.2, 0.25) is 0 Å². The number of rotatable bonds is 19. The molecule has 0 aromatic heterocycles. The molecule has 2 N–H and O–H groups in total. The van der Waals surface area contributed by atoms with Crippen LogP contribution in [0.4, 0.5) is 22.0 Å². The van der Waals surface area contributed by atoms with Crippen molar-refractivity contribution >= 4 is 22.3 Å². The van der Waals surface area contributed by atoms with Gasteiger partial charge in [0, 0.05) is 13.0 Å². The molecule has 3 rings (SSSR count). The van der Waals surface area contributed by atoms with Crippen LogP contribution in [0.25, 0.3) is 11.1 Å². The first kappa shape index (κ1) is 36.4. The predicted octanol–water partition coefficient (Wildman–Crippen LogP) is 9.02. The quantitative estimate of drug-likeness (QED) is 0.0588. The Morgan fingerprint density at radius 1 is 0.756 bits per heavy atom. The minimum atomic E-state index is -5.56. The molecule has 0 aliphatic carbocycles. The molecule has 0 heterocycles. The van der Waals surface area contributed by atoms with E-state index in [0.717, 1.165) is 60.2 Å². The normalized spacial score (nSPS) is 13.4. The third kappa shape index (κ3) is 12.0. The fourth-order valence-electron chi connectivity index (χ4n) is 4.96. The van der Waals surface area contributed by atoms with Crippen molar-refractivity contribution < 1.29 is 36.3 Å². The summed E-state index contributed by atoms with van der Waals surface area (Å²) in [7, 11) is 0. The summed E-state index contributed by atoms with van der Waals surface area (Å²) in [5.41, 5.74) is 5.54. The molecular weight excluding hydrogens is 609 g/mol. The number of benzene rings is 3. The van der Waals surface area contributed by atoms with E-state index in [9.17, 15) is 31.6 Å². The Labute approximate surface area is 265 Å². The van der Waals surface area contributed by atoms with Crippen molar-refractivity contribution in [1.29, 1.82) is 0 Å². The second kappa shape index (κ2) is 18.2. The van der Waals surface area contributed by atoms with Gasteiger partial charge in [0.1, 0.15) is 29.6 Å². The number of phenolic OH excluding ortho intramolecular Hbond substituents is 1. The van der Waals surface area contributed by atoms with Crippen molar-refractivity contribution in [3.63, 3.8) is 0 Å². The molecule has 45 heavy (non-hydrogen) atoms. The summed E-state index contributed by atoms with van der Waals surface area (Å²) in [6, 6.07) is 25.5. The highest BCUT2D eigenvalue weighted by Crippen LogP contribution is 2.39. The SMILES string of the molecule is CCC(=C(c1ccc(O)cc1)c1ccc(OCCNCCCCCC[S+]([O-])CCCC(F)(F)C(F)(F)F)cc1)c1ccccc1. The van der Waals surface area contributed by atoms with Crippen LogP contribution < -0.4 is 10.1 Å².